The van der Waals surface area contributed by atoms with Crippen LogP contribution in [0.3, 0.4) is 0 Å². The Kier molecular flexibility index (Phi) is 16.9. The average Bonchev–Trinajstić information content (AvgIpc) is 2.80. The Morgan fingerprint density at radius 1 is 1.03 bits per heavy atom. The first-order valence-electron chi connectivity index (χ1n) is 10.8. The number of carboxylic acid groups (broad SMARTS) is 1. The van der Waals surface area contributed by atoms with Crippen molar-refractivity contribution >= 4 is 29.7 Å². The molecule has 0 radical (unpaired) electrons. The summed E-state index contributed by atoms with van der Waals surface area (Å²) in [6, 6.07) is 6.74. The number of amides is 2. The molecule has 1 aromatic rings. The van der Waals surface area contributed by atoms with E-state index in [0.717, 1.165) is 24.8 Å². The van der Waals surface area contributed by atoms with Gasteiger partial charge >= 0.3 is 29.6 Å². The number of guanidine groups is 2. The maximum absolute atomic E-state index is 12.0. The smallest absolute Gasteiger partial charge is 0.550 e. The first-order valence-corrected chi connectivity index (χ1v) is 10.8. The monoisotopic (exact) mass is 500 g/mol. The summed E-state index contributed by atoms with van der Waals surface area (Å²) in [6.07, 6.45) is 1.84. The zero-order chi connectivity index (χ0) is 25.3. The van der Waals surface area contributed by atoms with Gasteiger partial charge in [0, 0.05) is 25.5 Å². The van der Waals surface area contributed by atoms with Gasteiger partial charge in [-0.1, -0.05) is 24.3 Å². The van der Waals surface area contributed by atoms with Gasteiger partial charge in [-0.3, -0.25) is 19.8 Å². The van der Waals surface area contributed by atoms with Crippen LogP contribution in [0.2, 0.25) is 0 Å². The van der Waals surface area contributed by atoms with E-state index in [9.17, 15) is 19.5 Å². The fourth-order valence-electron chi connectivity index (χ4n) is 2.99. The molecule has 10 N–H and O–H groups in total. The van der Waals surface area contributed by atoms with Gasteiger partial charge in [0.25, 0.3) is 5.91 Å². The normalized spacial score (nSPS) is 11.5. The minimum atomic E-state index is -1.37. The Bertz CT molecular complexity index is 877. The molecule has 1 atom stereocenters. The number of aliphatic carboxylic acids is 1. The van der Waals surface area contributed by atoms with Crippen LogP contribution in [0.25, 0.3) is 0 Å². The van der Waals surface area contributed by atoms with Gasteiger partial charge in [0.2, 0.25) is 5.91 Å². The number of rotatable bonds is 15. The molecule has 13 nitrogen and oxygen atoms in total. The molecule has 0 saturated heterocycles. The predicted octanol–water partition coefficient (Wildman–Crippen LogP) is -5.40. The Balaban J connectivity index is 0.0000116. The molecule has 35 heavy (non-hydrogen) atoms. The third kappa shape index (κ3) is 14.9. The largest absolute Gasteiger partial charge is 1.00 e. The average molecular weight is 501 g/mol. The van der Waals surface area contributed by atoms with Crippen molar-refractivity contribution in [3.63, 3.8) is 0 Å². The number of carbonyl (C=O) groups excluding carboxylic acids is 3. The van der Waals surface area contributed by atoms with Crippen molar-refractivity contribution in [2.24, 2.45) is 27.2 Å². The second-order valence-electron chi connectivity index (χ2n) is 7.42. The van der Waals surface area contributed by atoms with E-state index in [0.29, 0.717) is 13.1 Å². The second kappa shape index (κ2) is 18.5. The van der Waals surface area contributed by atoms with Gasteiger partial charge in [-0.05, 0) is 43.2 Å². The fraction of sp³-hybridized carbons (Fsp3) is 0.476. The summed E-state index contributed by atoms with van der Waals surface area (Å²) in [6.45, 7) is 1.10. The predicted molar refractivity (Wildman–Crippen MR) is 124 cm³/mol. The van der Waals surface area contributed by atoms with Crippen molar-refractivity contribution < 1.29 is 54.3 Å². The minimum Gasteiger partial charge on any atom is -0.550 e. The maximum Gasteiger partial charge on any atom is 1.00 e. The van der Waals surface area contributed by atoms with Crippen LogP contribution in [0.4, 0.5) is 0 Å². The molecule has 1 unspecified atom stereocenters. The zero-order valence-corrected chi connectivity index (χ0v) is 22.0. The Labute approximate surface area is 226 Å². The number of nitrogens with zero attached hydrogens (tertiary/aromatic N) is 2. The first kappa shape index (κ1) is 32.1. The molecule has 0 aliphatic rings. The Hall–Kier alpha value is -2.87. The minimum absolute atomic E-state index is 0. The van der Waals surface area contributed by atoms with Crippen LogP contribution in [-0.4, -0.2) is 54.0 Å². The molecule has 14 heteroatoms. The molecule has 1 aromatic carbocycles. The van der Waals surface area contributed by atoms with Crippen LogP contribution in [0.1, 0.15) is 43.2 Å². The Morgan fingerprint density at radius 2 is 1.71 bits per heavy atom. The van der Waals surface area contributed by atoms with Gasteiger partial charge in [0.05, 0.1) is 6.54 Å². The number of hydrogen-bond donors (Lipinski definition) is 7. The molecule has 0 aliphatic heterocycles. The van der Waals surface area contributed by atoms with Crippen molar-refractivity contribution in [3.05, 3.63) is 35.4 Å². The molecular weight excluding hydrogens is 467 g/mol. The first-order chi connectivity index (χ1) is 16.2. The third-order valence-electron chi connectivity index (χ3n) is 4.74. The summed E-state index contributed by atoms with van der Waals surface area (Å²) >= 11 is 0. The van der Waals surface area contributed by atoms with Crippen LogP contribution >= 0.6 is 0 Å². The van der Waals surface area contributed by atoms with Gasteiger partial charge in [0.1, 0.15) is 6.04 Å². The van der Waals surface area contributed by atoms with Crippen molar-refractivity contribution in [1.29, 1.82) is 0 Å². The molecule has 0 fully saturated rings. The van der Waals surface area contributed by atoms with E-state index in [1.165, 1.54) is 11.0 Å². The van der Waals surface area contributed by atoms with Crippen LogP contribution in [0.15, 0.2) is 34.3 Å². The van der Waals surface area contributed by atoms with Crippen molar-refractivity contribution in [2.75, 3.05) is 13.1 Å². The van der Waals surface area contributed by atoms with E-state index in [2.05, 4.69) is 20.6 Å². The summed E-state index contributed by atoms with van der Waals surface area (Å²) in [5, 5.41) is 24.4. The van der Waals surface area contributed by atoms with Crippen LogP contribution in [0, 0.1) is 0 Å². The van der Waals surface area contributed by atoms with Gasteiger partial charge in [-0.15, -0.1) is 0 Å². The van der Waals surface area contributed by atoms with E-state index in [4.69, 9.17) is 22.4 Å². The van der Waals surface area contributed by atoms with E-state index in [1.807, 2.05) is 24.3 Å². The number of carbonyl (C=O) groups is 3. The molecule has 0 spiro atoms. The number of aliphatic imine (C=N–C) groups is 2. The standard InChI is InChI=1S/C21H34N8O5.Na/c22-20(23)27-13-15-7-2-1-5-14(15)6-3-4-11-25-21(24)26-12-10-17(30)28-16(19(33)29-34)8-9-18(31)32;/h1-2,5,7,16,34H,3-4,6,8-13H2,(H,28,30)(H,29,33)(H,31,32)(H4,22,23,27)(H3,24,25,26);/q;+1/p-1. The van der Waals surface area contributed by atoms with Gasteiger partial charge in [0.15, 0.2) is 11.9 Å². The number of benzene rings is 1. The Morgan fingerprint density at radius 3 is 2.34 bits per heavy atom. The summed E-state index contributed by atoms with van der Waals surface area (Å²) in [4.78, 5) is 42.3. The van der Waals surface area contributed by atoms with E-state index >= 15 is 0 Å². The zero-order valence-electron chi connectivity index (χ0n) is 20.0. The fourth-order valence-corrected chi connectivity index (χ4v) is 2.99. The summed E-state index contributed by atoms with van der Waals surface area (Å²) in [5.74, 6) is -2.57. The molecule has 0 heterocycles. The van der Waals surface area contributed by atoms with Crippen molar-refractivity contribution in [2.45, 2.75) is 51.1 Å². The number of nitrogens with one attached hydrogen (secondary N) is 3. The number of aryl methyl sites for hydroxylation is 1. The summed E-state index contributed by atoms with van der Waals surface area (Å²) in [7, 11) is 0. The van der Waals surface area contributed by atoms with Gasteiger partial charge in [-0.25, -0.2) is 10.5 Å². The SMILES string of the molecule is NC(N)=NCc1ccccc1CCCCN=C(N)NCCC(=O)NC(CCC(=O)[O-])C(=O)NO.[Na+]. The molecule has 188 valence electrons. The second-order valence-corrected chi connectivity index (χ2v) is 7.42. The van der Waals surface area contributed by atoms with Crippen molar-refractivity contribution in [3.8, 4) is 0 Å². The number of hydroxylamine groups is 1. The third-order valence-corrected chi connectivity index (χ3v) is 4.74. The number of unbranched alkanes of at least 4 members (excludes halogenated alkanes) is 1. The molecule has 1 rings (SSSR count). The number of hydrogen-bond acceptors (Lipinski definition) is 7. The number of carboxylic acids is 1. The van der Waals surface area contributed by atoms with E-state index < -0.39 is 30.2 Å². The molecule has 2 amide bonds. The van der Waals surface area contributed by atoms with Crippen molar-refractivity contribution in [1.82, 2.24) is 16.1 Å². The molecular formula is C21H33N8NaO5. The van der Waals surface area contributed by atoms with Crippen LogP contribution in [-0.2, 0) is 27.3 Å². The molecule has 0 aromatic heterocycles. The topological polar surface area (TPSA) is 233 Å². The summed E-state index contributed by atoms with van der Waals surface area (Å²) in [5.41, 5.74) is 20.2. The van der Waals surface area contributed by atoms with E-state index in [1.54, 1.807) is 0 Å². The summed E-state index contributed by atoms with van der Waals surface area (Å²) < 4.78 is 0. The molecule has 0 aliphatic carbocycles. The maximum atomic E-state index is 12.0. The van der Waals surface area contributed by atoms with Crippen LogP contribution < -0.4 is 68.0 Å². The van der Waals surface area contributed by atoms with Gasteiger partial charge < -0.3 is 37.7 Å². The molecule has 0 saturated carbocycles. The van der Waals surface area contributed by atoms with Gasteiger partial charge in [-0.2, -0.15) is 0 Å². The molecule has 0 bridgehead atoms. The quantitative estimate of drug-likeness (QED) is 0.0303. The number of nitrogens with two attached hydrogens (primary N) is 3. The van der Waals surface area contributed by atoms with E-state index in [-0.39, 0.29) is 60.9 Å². The van der Waals surface area contributed by atoms with Crippen LogP contribution in [0.5, 0.6) is 0 Å².